The van der Waals surface area contributed by atoms with Crippen LogP contribution in [0, 0.1) is 11.8 Å². The lowest BCUT2D eigenvalue weighted by Gasteiger charge is -2.40. The predicted molar refractivity (Wildman–Crippen MR) is 90.9 cm³/mol. The van der Waals surface area contributed by atoms with Crippen LogP contribution in [0.5, 0.6) is 0 Å². The van der Waals surface area contributed by atoms with Crippen molar-refractivity contribution >= 4 is 5.91 Å². The Balaban J connectivity index is 1.69. The third-order valence-corrected chi connectivity index (χ3v) is 5.76. The van der Waals surface area contributed by atoms with Crippen LogP contribution in [0.2, 0.25) is 0 Å². The summed E-state index contributed by atoms with van der Waals surface area (Å²) in [5.74, 6) is 1.39. The monoisotopic (exact) mass is 340 g/mol. The summed E-state index contributed by atoms with van der Waals surface area (Å²) in [5.41, 5.74) is -0.850. The van der Waals surface area contributed by atoms with Crippen molar-refractivity contribution in [2.45, 2.75) is 37.7 Å². The summed E-state index contributed by atoms with van der Waals surface area (Å²) in [6, 6.07) is 0. The van der Waals surface area contributed by atoms with E-state index in [4.69, 9.17) is 14.2 Å². The number of carbonyl (C=O) groups is 1. The molecule has 3 saturated heterocycles. The van der Waals surface area contributed by atoms with Crippen LogP contribution in [0.1, 0.15) is 32.1 Å². The molecule has 3 aliphatic heterocycles. The maximum Gasteiger partial charge on any atom is 0.258 e. The highest BCUT2D eigenvalue weighted by Crippen LogP contribution is 2.31. The van der Waals surface area contributed by atoms with Gasteiger partial charge in [-0.2, -0.15) is 0 Å². The number of methoxy groups -OCH3 is 1. The van der Waals surface area contributed by atoms with Crippen LogP contribution in [-0.4, -0.2) is 76.1 Å². The number of amides is 1. The van der Waals surface area contributed by atoms with Gasteiger partial charge >= 0.3 is 0 Å². The van der Waals surface area contributed by atoms with Gasteiger partial charge < -0.3 is 24.4 Å². The Morgan fingerprint density at radius 3 is 2.75 bits per heavy atom. The molecule has 2 atom stereocenters. The van der Waals surface area contributed by atoms with Crippen molar-refractivity contribution in [3.63, 3.8) is 0 Å². The fraction of sp³-hybridized carbons (Fsp3) is 0.944. The van der Waals surface area contributed by atoms with Crippen molar-refractivity contribution in [1.29, 1.82) is 0 Å². The van der Waals surface area contributed by atoms with E-state index in [2.05, 4.69) is 10.2 Å². The summed E-state index contributed by atoms with van der Waals surface area (Å²) < 4.78 is 16.8. The van der Waals surface area contributed by atoms with Gasteiger partial charge in [-0.15, -0.1) is 0 Å². The van der Waals surface area contributed by atoms with Crippen LogP contribution in [0.3, 0.4) is 0 Å². The molecule has 3 aliphatic rings. The second-order valence-corrected chi connectivity index (χ2v) is 7.41. The highest BCUT2D eigenvalue weighted by atomic mass is 16.5. The minimum Gasteiger partial charge on any atom is -0.381 e. The maximum absolute atomic E-state index is 13.3. The topological polar surface area (TPSA) is 60.0 Å². The Labute approximate surface area is 145 Å². The van der Waals surface area contributed by atoms with Crippen molar-refractivity contribution in [2.75, 3.05) is 59.7 Å². The number of nitrogens with zero attached hydrogens (tertiary/aromatic N) is 1. The molecule has 6 heteroatoms. The summed E-state index contributed by atoms with van der Waals surface area (Å²) in [4.78, 5) is 15.4. The van der Waals surface area contributed by atoms with Gasteiger partial charge in [0, 0.05) is 46.5 Å². The summed E-state index contributed by atoms with van der Waals surface area (Å²) in [6.07, 6.45) is 5.79. The molecule has 0 saturated carbocycles. The van der Waals surface area contributed by atoms with Crippen molar-refractivity contribution in [2.24, 2.45) is 11.8 Å². The number of hydrogen-bond donors (Lipinski definition) is 1. The number of hydrogen-bond acceptors (Lipinski definition) is 5. The summed E-state index contributed by atoms with van der Waals surface area (Å²) >= 11 is 0. The van der Waals surface area contributed by atoms with Gasteiger partial charge in [0.25, 0.3) is 5.91 Å². The first kappa shape index (κ1) is 18.1. The number of morpholine rings is 1. The van der Waals surface area contributed by atoms with E-state index in [1.54, 1.807) is 7.11 Å². The molecule has 6 nitrogen and oxygen atoms in total. The highest BCUT2D eigenvalue weighted by Gasteiger charge is 2.45. The second kappa shape index (κ2) is 8.61. The fourth-order valence-electron chi connectivity index (χ4n) is 4.40. The lowest BCUT2D eigenvalue weighted by atomic mass is 9.83. The van der Waals surface area contributed by atoms with E-state index in [9.17, 15) is 4.79 Å². The molecule has 1 amide bonds. The minimum absolute atomic E-state index is 0.107. The van der Waals surface area contributed by atoms with Crippen LogP contribution in [0.25, 0.3) is 0 Å². The van der Waals surface area contributed by atoms with Gasteiger partial charge in [0.15, 0.2) is 5.60 Å². The quantitative estimate of drug-likeness (QED) is 0.829. The largest absolute Gasteiger partial charge is 0.381 e. The average Bonchev–Trinajstić information content (AvgIpc) is 2.89. The van der Waals surface area contributed by atoms with Gasteiger partial charge in [0.2, 0.25) is 0 Å². The normalized spacial score (nSPS) is 33.2. The predicted octanol–water partition coefficient (Wildman–Crippen LogP) is 1.05. The van der Waals surface area contributed by atoms with Crippen LogP contribution >= 0.6 is 0 Å². The smallest absolute Gasteiger partial charge is 0.258 e. The first-order valence-electron chi connectivity index (χ1n) is 9.46. The molecule has 24 heavy (non-hydrogen) atoms. The molecule has 0 aromatic carbocycles. The van der Waals surface area contributed by atoms with E-state index in [0.717, 1.165) is 52.1 Å². The van der Waals surface area contributed by atoms with Gasteiger partial charge in [0.05, 0.1) is 13.2 Å². The van der Waals surface area contributed by atoms with Gasteiger partial charge in [0.1, 0.15) is 0 Å². The third kappa shape index (κ3) is 4.10. The van der Waals surface area contributed by atoms with E-state index >= 15 is 0 Å². The lowest BCUT2D eigenvalue weighted by molar-refractivity contribution is -0.171. The maximum atomic E-state index is 13.3. The molecular formula is C18H32N2O4. The summed E-state index contributed by atoms with van der Waals surface area (Å²) in [5, 5.41) is 3.30. The second-order valence-electron chi connectivity index (χ2n) is 7.41. The molecule has 0 aromatic rings. The van der Waals surface area contributed by atoms with Gasteiger partial charge in [-0.1, -0.05) is 6.42 Å². The minimum atomic E-state index is -0.850. The fourth-order valence-corrected chi connectivity index (χ4v) is 4.40. The summed E-state index contributed by atoms with van der Waals surface area (Å²) in [7, 11) is 1.64. The van der Waals surface area contributed by atoms with E-state index in [1.165, 1.54) is 12.8 Å². The SMILES string of the molecule is COCC1(C(=O)N2CCCCC(C3CCOCC3)C2)CNCCO1. The molecule has 138 valence electrons. The van der Waals surface area contributed by atoms with Crippen LogP contribution in [-0.2, 0) is 19.0 Å². The Hall–Kier alpha value is -0.690. The van der Waals surface area contributed by atoms with Crippen molar-refractivity contribution in [3.8, 4) is 0 Å². The number of nitrogens with one attached hydrogen (secondary N) is 1. The molecule has 0 aliphatic carbocycles. The Kier molecular flexibility index (Phi) is 6.49. The number of rotatable bonds is 4. The number of carbonyl (C=O) groups excluding carboxylic acids is 1. The van der Waals surface area contributed by atoms with Gasteiger partial charge in [-0.25, -0.2) is 0 Å². The molecule has 0 spiro atoms. The molecule has 1 N–H and O–H groups in total. The third-order valence-electron chi connectivity index (χ3n) is 5.76. The van der Waals surface area contributed by atoms with Crippen molar-refractivity contribution < 1.29 is 19.0 Å². The van der Waals surface area contributed by atoms with E-state index in [-0.39, 0.29) is 5.91 Å². The summed E-state index contributed by atoms with van der Waals surface area (Å²) in [6.45, 7) is 5.66. The van der Waals surface area contributed by atoms with Gasteiger partial charge in [-0.3, -0.25) is 4.79 Å². The zero-order chi connectivity index (χ0) is 16.8. The van der Waals surface area contributed by atoms with Crippen LogP contribution < -0.4 is 5.32 Å². The molecule has 2 unspecified atom stereocenters. The Morgan fingerprint density at radius 1 is 1.21 bits per heavy atom. The molecular weight excluding hydrogens is 308 g/mol. The molecule has 0 aromatic heterocycles. The zero-order valence-electron chi connectivity index (χ0n) is 14.9. The Morgan fingerprint density at radius 2 is 2.04 bits per heavy atom. The van der Waals surface area contributed by atoms with E-state index in [1.807, 2.05) is 0 Å². The molecule has 0 radical (unpaired) electrons. The van der Waals surface area contributed by atoms with E-state index in [0.29, 0.717) is 31.6 Å². The van der Waals surface area contributed by atoms with Crippen LogP contribution in [0.15, 0.2) is 0 Å². The molecule has 3 fully saturated rings. The van der Waals surface area contributed by atoms with Crippen molar-refractivity contribution in [3.05, 3.63) is 0 Å². The first-order chi connectivity index (χ1) is 11.7. The first-order valence-corrected chi connectivity index (χ1v) is 9.46. The molecule has 3 heterocycles. The molecule has 0 bridgehead atoms. The van der Waals surface area contributed by atoms with Crippen molar-refractivity contribution in [1.82, 2.24) is 10.2 Å². The van der Waals surface area contributed by atoms with Gasteiger partial charge in [-0.05, 0) is 37.5 Å². The average molecular weight is 340 g/mol. The number of ether oxygens (including phenoxy) is 3. The Bertz CT molecular complexity index is 400. The zero-order valence-corrected chi connectivity index (χ0v) is 14.9. The molecule has 3 rings (SSSR count). The number of likely N-dealkylation sites (tertiary alicyclic amines) is 1. The van der Waals surface area contributed by atoms with E-state index < -0.39 is 5.60 Å². The highest BCUT2D eigenvalue weighted by molar-refractivity contribution is 5.86. The standard InChI is InChI=1S/C18H32N2O4/c1-22-14-18(13-19-7-11-24-18)17(21)20-8-3-2-4-16(12-20)15-5-9-23-10-6-15/h15-16,19H,2-14H2,1H3. The van der Waals surface area contributed by atoms with Crippen LogP contribution in [0.4, 0.5) is 0 Å². The lowest BCUT2D eigenvalue weighted by Crippen LogP contribution is -2.62.